The van der Waals surface area contributed by atoms with E-state index >= 15 is 0 Å². The number of hydrogen-bond acceptors (Lipinski definition) is 3. The Bertz CT molecular complexity index is 792. The minimum absolute atomic E-state index is 0.363. The molecule has 0 saturated carbocycles. The lowest BCUT2D eigenvalue weighted by atomic mass is 9.95. The van der Waals surface area contributed by atoms with Gasteiger partial charge in [-0.1, -0.05) is 6.07 Å². The number of aromatic amines is 1. The first-order valence-corrected chi connectivity index (χ1v) is 6.75. The lowest BCUT2D eigenvalue weighted by Gasteiger charge is -2.15. The third-order valence-electron chi connectivity index (χ3n) is 3.51. The molecule has 0 atom stereocenters. The number of aryl methyl sites for hydroxylation is 1. The fraction of sp³-hybridized carbons (Fsp3) is 0.125. The summed E-state index contributed by atoms with van der Waals surface area (Å²) in [7, 11) is 1.74. The summed E-state index contributed by atoms with van der Waals surface area (Å²) in [6.45, 7) is 2.09. The van der Waals surface area contributed by atoms with Crippen molar-refractivity contribution in [2.24, 2.45) is 0 Å². The second-order valence-corrected chi connectivity index (χ2v) is 4.93. The predicted molar refractivity (Wildman–Crippen MR) is 86.0 cm³/mol. The van der Waals surface area contributed by atoms with E-state index in [1.165, 1.54) is 11.1 Å². The quantitative estimate of drug-likeness (QED) is 0.504. The number of aromatic nitrogens is 2. The van der Waals surface area contributed by atoms with Crippen LogP contribution < -0.4 is 10.6 Å². The molecule has 1 aromatic heterocycles. The summed E-state index contributed by atoms with van der Waals surface area (Å²) in [6, 6.07) is 4.13. The first-order valence-electron chi connectivity index (χ1n) is 6.75. The van der Waals surface area contributed by atoms with E-state index in [0.717, 1.165) is 22.2 Å². The summed E-state index contributed by atoms with van der Waals surface area (Å²) in [6.07, 6.45) is 9.58. The minimum Gasteiger partial charge on any atom is -0.374 e. The molecule has 0 fully saturated rings. The van der Waals surface area contributed by atoms with Crippen LogP contribution in [-0.2, 0) is 0 Å². The monoisotopic (exact) mass is 279 g/mol. The van der Waals surface area contributed by atoms with Gasteiger partial charge in [0.25, 0.3) is 0 Å². The van der Waals surface area contributed by atoms with E-state index in [2.05, 4.69) is 33.8 Å². The van der Waals surface area contributed by atoms with Gasteiger partial charge in [0, 0.05) is 30.4 Å². The number of hydrogen-bond donors (Lipinski definition) is 4. The van der Waals surface area contributed by atoms with Crippen LogP contribution in [0.5, 0.6) is 0 Å². The van der Waals surface area contributed by atoms with E-state index in [4.69, 9.17) is 5.41 Å². The number of likely N-dealkylation sites (N-methyl/N-ethyl adjacent to an activating group) is 1. The molecule has 4 N–H and O–H groups in total. The molecule has 21 heavy (non-hydrogen) atoms. The molecule has 3 rings (SSSR count). The molecular weight excluding hydrogens is 262 g/mol. The molecule has 106 valence electrons. The van der Waals surface area contributed by atoms with Gasteiger partial charge in [0.2, 0.25) is 0 Å². The van der Waals surface area contributed by atoms with Gasteiger partial charge >= 0.3 is 0 Å². The lowest BCUT2D eigenvalue weighted by Crippen LogP contribution is -2.17. The fourth-order valence-corrected chi connectivity index (χ4v) is 2.46. The number of dihydropyridines is 1. The first-order chi connectivity index (χ1) is 10.2. The molecule has 5 nitrogen and oxygen atoms in total. The molecule has 0 radical (unpaired) electrons. The van der Waals surface area contributed by atoms with Crippen molar-refractivity contribution < 1.29 is 0 Å². The van der Waals surface area contributed by atoms with Crippen molar-refractivity contribution in [2.75, 3.05) is 7.05 Å². The maximum absolute atomic E-state index is 7.70. The van der Waals surface area contributed by atoms with Gasteiger partial charge in [0.15, 0.2) is 0 Å². The Kier molecular flexibility index (Phi) is 3.31. The molecule has 2 heterocycles. The molecule has 5 heteroatoms. The predicted octanol–water partition coefficient (Wildman–Crippen LogP) is 2.45. The van der Waals surface area contributed by atoms with Gasteiger partial charge in [0.05, 0.1) is 11.7 Å². The van der Waals surface area contributed by atoms with Crippen molar-refractivity contribution in [2.45, 2.75) is 6.92 Å². The van der Waals surface area contributed by atoms with Crippen LogP contribution in [0.25, 0.3) is 16.5 Å². The van der Waals surface area contributed by atoms with Crippen LogP contribution in [0.3, 0.4) is 0 Å². The standard InChI is InChI=1S/C16H17N5/c1-10-3-4-14-13(9-20-21-14)16(10)11-5-6-19-12(7-11)8-15(17)18-2/h3-9,19H,1-2H3,(H2,17,18)(H,20,21)/b12-8-. The Morgan fingerprint density at radius 3 is 3.05 bits per heavy atom. The van der Waals surface area contributed by atoms with Gasteiger partial charge < -0.3 is 10.6 Å². The average Bonchev–Trinajstić information content (AvgIpc) is 2.95. The van der Waals surface area contributed by atoms with Gasteiger partial charge in [-0.3, -0.25) is 10.5 Å². The Morgan fingerprint density at radius 1 is 1.38 bits per heavy atom. The average molecular weight is 279 g/mol. The van der Waals surface area contributed by atoms with E-state index in [1.54, 1.807) is 13.1 Å². The first kappa shape index (κ1) is 13.2. The van der Waals surface area contributed by atoms with Crippen molar-refractivity contribution >= 4 is 22.3 Å². The zero-order chi connectivity index (χ0) is 14.8. The van der Waals surface area contributed by atoms with E-state index in [1.807, 2.05) is 30.6 Å². The molecule has 0 amide bonds. The Balaban J connectivity index is 2.11. The molecule has 0 aliphatic carbocycles. The van der Waals surface area contributed by atoms with Crippen LogP contribution in [0.2, 0.25) is 0 Å². The highest BCUT2D eigenvalue weighted by Crippen LogP contribution is 2.30. The van der Waals surface area contributed by atoms with Crippen LogP contribution in [0.4, 0.5) is 0 Å². The van der Waals surface area contributed by atoms with E-state index in [-0.39, 0.29) is 0 Å². The summed E-state index contributed by atoms with van der Waals surface area (Å²) < 4.78 is 0. The van der Waals surface area contributed by atoms with Crippen molar-refractivity contribution in [1.82, 2.24) is 20.8 Å². The number of fused-ring (bicyclic) bond motifs is 1. The Morgan fingerprint density at radius 2 is 2.24 bits per heavy atom. The van der Waals surface area contributed by atoms with Gasteiger partial charge in [-0.2, -0.15) is 5.10 Å². The maximum atomic E-state index is 7.70. The van der Waals surface area contributed by atoms with Crippen molar-refractivity contribution in [1.29, 1.82) is 5.41 Å². The molecule has 1 aliphatic heterocycles. The largest absolute Gasteiger partial charge is 0.374 e. The van der Waals surface area contributed by atoms with Crippen molar-refractivity contribution in [3.05, 3.63) is 59.6 Å². The van der Waals surface area contributed by atoms with Gasteiger partial charge in [-0.25, -0.2) is 0 Å². The van der Waals surface area contributed by atoms with E-state index in [0.29, 0.717) is 5.84 Å². The topological polar surface area (TPSA) is 76.6 Å². The summed E-state index contributed by atoms with van der Waals surface area (Å²) in [5.41, 5.74) is 5.38. The molecule has 0 saturated heterocycles. The number of amidine groups is 1. The van der Waals surface area contributed by atoms with Crippen molar-refractivity contribution in [3.8, 4) is 0 Å². The zero-order valence-corrected chi connectivity index (χ0v) is 12.0. The molecule has 0 unspecified atom stereocenters. The van der Waals surface area contributed by atoms with Crippen LogP contribution in [0, 0.1) is 12.3 Å². The normalized spacial score (nSPS) is 15.9. The summed E-state index contributed by atoms with van der Waals surface area (Å²) in [5, 5.41) is 21.9. The third kappa shape index (κ3) is 2.45. The second kappa shape index (κ2) is 5.28. The summed E-state index contributed by atoms with van der Waals surface area (Å²) >= 11 is 0. The molecule has 1 aliphatic rings. The SMILES string of the molecule is CNC(=N)/C=C1/C=C(c2c(C)ccc3[nH]ncc23)C=CN1. The number of nitrogens with zero attached hydrogens (tertiary/aromatic N) is 1. The minimum atomic E-state index is 0.363. The molecule has 2 aromatic rings. The second-order valence-electron chi connectivity index (χ2n) is 4.93. The third-order valence-corrected chi connectivity index (χ3v) is 3.51. The van der Waals surface area contributed by atoms with Crippen LogP contribution in [-0.4, -0.2) is 23.1 Å². The van der Waals surface area contributed by atoms with E-state index < -0.39 is 0 Å². The Labute approximate surface area is 123 Å². The van der Waals surface area contributed by atoms with Gasteiger partial charge in [-0.05, 0) is 41.8 Å². The molecule has 0 spiro atoms. The van der Waals surface area contributed by atoms with Crippen LogP contribution in [0.15, 0.2) is 48.5 Å². The smallest absolute Gasteiger partial charge is 0.119 e. The number of nitrogens with one attached hydrogen (secondary N) is 4. The lowest BCUT2D eigenvalue weighted by molar-refractivity contribution is 1.09. The number of allylic oxidation sites excluding steroid dienone is 3. The van der Waals surface area contributed by atoms with E-state index in [9.17, 15) is 0 Å². The summed E-state index contributed by atoms with van der Waals surface area (Å²) in [4.78, 5) is 0. The highest BCUT2D eigenvalue weighted by atomic mass is 15.1. The van der Waals surface area contributed by atoms with Crippen molar-refractivity contribution in [3.63, 3.8) is 0 Å². The van der Waals surface area contributed by atoms with Crippen LogP contribution in [0.1, 0.15) is 11.1 Å². The highest BCUT2D eigenvalue weighted by molar-refractivity contribution is 5.97. The Hall–Kier alpha value is -2.82. The maximum Gasteiger partial charge on any atom is 0.119 e. The molecule has 1 aromatic carbocycles. The fourth-order valence-electron chi connectivity index (χ4n) is 2.46. The molecule has 0 bridgehead atoms. The van der Waals surface area contributed by atoms with Crippen LogP contribution >= 0.6 is 0 Å². The van der Waals surface area contributed by atoms with Gasteiger partial charge in [0.1, 0.15) is 5.84 Å². The number of benzene rings is 1. The molecular formula is C16H17N5. The highest BCUT2D eigenvalue weighted by Gasteiger charge is 2.12. The number of rotatable bonds is 2. The van der Waals surface area contributed by atoms with Gasteiger partial charge in [-0.15, -0.1) is 0 Å². The summed E-state index contributed by atoms with van der Waals surface area (Å²) in [5.74, 6) is 0.363. The number of H-pyrrole nitrogens is 1. The zero-order valence-electron chi connectivity index (χ0n) is 12.0.